The lowest BCUT2D eigenvalue weighted by atomic mass is 9.68. The normalized spacial score (nSPS) is 16.8. The zero-order valence-electron chi connectivity index (χ0n) is 20.3. The van der Waals surface area contributed by atoms with E-state index in [0.29, 0.717) is 17.1 Å². The maximum absolute atomic E-state index is 13.9. The number of nitrogens with zero attached hydrogens (tertiary/aromatic N) is 2. The average Bonchev–Trinajstić information content (AvgIpc) is 3.29. The van der Waals surface area contributed by atoms with Crippen LogP contribution in [0.2, 0.25) is 0 Å². The van der Waals surface area contributed by atoms with E-state index in [1.54, 1.807) is 16.4 Å². The fourth-order valence-corrected chi connectivity index (χ4v) is 7.06. The topological polar surface area (TPSA) is 66.1 Å². The molecule has 0 saturated heterocycles. The lowest BCUT2D eigenvalue weighted by Gasteiger charge is -2.38. The molecule has 0 radical (unpaired) electrons. The third-order valence-electron chi connectivity index (χ3n) is 7.62. The van der Waals surface area contributed by atoms with Crippen LogP contribution in [0.5, 0.6) is 0 Å². The quantitative estimate of drug-likeness (QED) is 0.356. The Morgan fingerprint density at radius 1 is 0.889 bits per heavy atom. The summed E-state index contributed by atoms with van der Waals surface area (Å²) in [5.74, 6) is 0.501. The van der Waals surface area contributed by atoms with Gasteiger partial charge in [0.05, 0.1) is 4.90 Å². The maximum atomic E-state index is 13.9. The molecule has 5 nitrogen and oxygen atoms in total. The highest BCUT2D eigenvalue weighted by Crippen LogP contribution is 2.44. The van der Waals surface area contributed by atoms with Gasteiger partial charge in [-0.05, 0) is 49.4 Å². The summed E-state index contributed by atoms with van der Waals surface area (Å²) in [7, 11) is -3.75. The molecule has 1 saturated carbocycles. The van der Waals surface area contributed by atoms with E-state index in [2.05, 4.69) is 70.9 Å². The minimum absolute atomic E-state index is 0.0768. The van der Waals surface area contributed by atoms with Gasteiger partial charge >= 0.3 is 0 Å². The first kappa shape index (κ1) is 22.8. The van der Waals surface area contributed by atoms with Crippen molar-refractivity contribution >= 4 is 21.9 Å². The Hall–Kier alpha value is -3.64. The van der Waals surface area contributed by atoms with Crippen LogP contribution < -0.4 is 4.31 Å². The molecule has 0 amide bonds. The SMILES string of the molecule is Cc1ccc(S(=O)(=O)N(c2n[nH]c3c2C=CC(c2ccccc2)(c2ccccc2)C3)C2CCC2)cc1. The Balaban J connectivity index is 1.46. The highest BCUT2D eigenvalue weighted by atomic mass is 32.2. The van der Waals surface area contributed by atoms with Crippen LogP contribution in [0.4, 0.5) is 5.82 Å². The van der Waals surface area contributed by atoms with Gasteiger partial charge in [0.25, 0.3) is 10.0 Å². The number of sulfonamides is 1. The smallest absolute Gasteiger partial charge is 0.265 e. The largest absolute Gasteiger partial charge is 0.280 e. The molecule has 0 atom stereocenters. The standard InChI is InChI=1S/C30H29N3O2S/c1-22-15-17-26(18-16-22)36(34,35)33(25-13-8-14-25)29-27-19-20-30(21-28(27)31-32-29,23-9-4-2-5-10-23)24-11-6-3-7-12-24/h2-7,9-12,15-20,25H,8,13-14,21H2,1H3,(H,31,32). The van der Waals surface area contributed by atoms with Gasteiger partial charge < -0.3 is 0 Å². The molecule has 0 aliphatic heterocycles. The first-order valence-corrected chi connectivity index (χ1v) is 13.9. The highest BCUT2D eigenvalue weighted by Gasteiger charge is 2.41. The van der Waals surface area contributed by atoms with Gasteiger partial charge in [0.2, 0.25) is 0 Å². The van der Waals surface area contributed by atoms with Gasteiger partial charge in [0, 0.05) is 29.1 Å². The number of hydrogen-bond acceptors (Lipinski definition) is 3. The number of fused-ring (bicyclic) bond motifs is 1. The summed E-state index contributed by atoms with van der Waals surface area (Å²) >= 11 is 0. The molecule has 2 aliphatic carbocycles. The number of rotatable bonds is 6. The van der Waals surface area contributed by atoms with E-state index in [1.807, 2.05) is 31.2 Å². The number of aryl methyl sites for hydroxylation is 1. The molecule has 0 unspecified atom stereocenters. The molecule has 0 bridgehead atoms. The molecule has 3 aromatic carbocycles. The van der Waals surface area contributed by atoms with Gasteiger partial charge in [-0.15, -0.1) is 0 Å². The van der Waals surface area contributed by atoms with E-state index in [4.69, 9.17) is 0 Å². The Labute approximate surface area is 212 Å². The Kier molecular flexibility index (Phi) is 5.56. The van der Waals surface area contributed by atoms with Gasteiger partial charge in [-0.2, -0.15) is 5.10 Å². The van der Waals surface area contributed by atoms with Crippen molar-refractivity contribution in [2.24, 2.45) is 0 Å². The van der Waals surface area contributed by atoms with E-state index in [0.717, 1.165) is 36.1 Å². The molecule has 6 rings (SSSR count). The molecular formula is C30H29N3O2S. The monoisotopic (exact) mass is 495 g/mol. The minimum atomic E-state index is -3.75. The second kappa shape index (κ2) is 8.79. The molecular weight excluding hydrogens is 466 g/mol. The molecule has 2 aliphatic rings. The van der Waals surface area contributed by atoms with E-state index in [1.165, 1.54) is 11.1 Å². The van der Waals surface area contributed by atoms with Gasteiger partial charge in [0.1, 0.15) is 0 Å². The Morgan fingerprint density at radius 2 is 1.50 bits per heavy atom. The van der Waals surface area contributed by atoms with Gasteiger partial charge in [-0.1, -0.05) is 90.5 Å². The number of nitrogens with one attached hydrogen (secondary N) is 1. The second-order valence-electron chi connectivity index (χ2n) is 9.85. The highest BCUT2D eigenvalue weighted by molar-refractivity contribution is 7.92. The van der Waals surface area contributed by atoms with Crippen molar-refractivity contribution in [3.05, 3.63) is 119 Å². The maximum Gasteiger partial charge on any atom is 0.265 e. The molecule has 1 aromatic heterocycles. The summed E-state index contributed by atoms with van der Waals surface area (Å²) in [6.07, 6.45) is 7.66. The molecule has 0 spiro atoms. The number of benzene rings is 3. The summed E-state index contributed by atoms with van der Waals surface area (Å²) in [4.78, 5) is 0.305. The van der Waals surface area contributed by atoms with Crippen LogP contribution in [-0.2, 0) is 21.9 Å². The van der Waals surface area contributed by atoms with Crippen LogP contribution >= 0.6 is 0 Å². The van der Waals surface area contributed by atoms with Crippen molar-refractivity contribution in [1.29, 1.82) is 0 Å². The van der Waals surface area contributed by atoms with E-state index in [9.17, 15) is 8.42 Å². The van der Waals surface area contributed by atoms with Crippen molar-refractivity contribution in [2.75, 3.05) is 4.31 Å². The van der Waals surface area contributed by atoms with Crippen molar-refractivity contribution in [1.82, 2.24) is 10.2 Å². The first-order chi connectivity index (χ1) is 17.5. The van der Waals surface area contributed by atoms with Crippen molar-refractivity contribution < 1.29 is 8.42 Å². The van der Waals surface area contributed by atoms with Crippen LogP contribution in [0.15, 0.2) is 95.9 Å². The van der Waals surface area contributed by atoms with Crippen LogP contribution in [0.1, 0.15) is 47.2 Å². The van der Waals surface area contributed by atoms with Gasteiger partial charge in [-0.25, -0.2) is 12.7 Å². The summed E-state index contributed by atoms with van der Waals surface area (Å²) in [6, 6.07) is 27.9. The number of anilines is 1. The average molecular weight is 496 g/mol. The zero-order chi connectivity index (χ0) is 24.8. The first-order valence-electron chi connectivity index (χ1n) is 12.5. The molecule has 6 heteroatoms. The molecule has 1 N–H and O–H groups in total. The van der Waals surface area contributed by atoms with Crippen molar-refractivity contribution in [2.45, 2.75) is 49.0 Å². The molecule has 4 aromatic rings. The van der Waals surface area contributed by atoms with Gasteiger partial charge in [0.15, 0.2) is 5.82 Å². The van der Waals surface area contributed by atoms with E-state index >= 15 is 0 Å². The fourth-order valence-electron chi connectivity index (χ4n) is 5.38. The number of allylic oxidation sites excluding steroid dienone is 1. The number of H-pyrrole nitrogens is 1. The number of hydrogen-bond donors (Lipinski definition) is 1. The van der Waals surface area contributed by atoms with Gasteiger partial charge in [-0.3, -0.25) is 5.10 Å². The predicted octanol–water partition coefficient (Wildman–Crippen LogP) is 6.02. The summed E-state index contributed by atoms with van der Waals surface area (Å²) in [5, 5.41) is 7.86. The molecule has 1 fully saturated rings. The van der Waals surface area contributed by atoms with Crippen molar-refractivity contribution in [3.63, 3.8) is 0 Å². The molecule has 1 heterocycles. The second-order valence-corrected chi connectivity index (χ2v) is 11.7. The van der Waals surface area contributed by atoms with Crippen molar-refractivity contribution in [3.8, 4) is 0 Å². The Bertz CT molecular complexity index is 1460. The summed E-state index contributed by atoms with van der Waals surface area (Å²) in [5.41, 5.74) is 4.86. The third kappa shape index (κ3) is 3.68. The van der Waals surface area contributed by atoms with Crippen LogP contribution in [-0.4, -0.2) is 24.7 Å². The zero-order valence-corrected chi connectivity index (χ0v) is 21.1. The minimum Gasteiger partial charge on any atom is -0.280 e. The lowest BCUT2D eigenvalue weighted by Crippen LogP contribution is -2.45. The van der Waals surface area contributed by atoms with E-state index < -0.39 is 10.0 Å². The van der Waals surface area contributed by atoms with Crippen LogP contribution in [0.25, 0.3) is 6.08 Å². The predicted molar refractivity (Wildman–Crippen MR) is 143 cm³/mol. The summed E-state index contributed by atoms with van der Waals surface area (Å²) in [6.45, 7) is 1.96. The number of aromatic amines is 1. The third-order valence-corrected chi connectivity index (χ3v) is 9.48. The Morgan fingerprint density at radius 3 is 2.06 bits per heavy atom. The fraction of sp³-hybridized carbons (Fsp3) is 0.233. The van der Waals surface area contributed by atoms with Crippen LogP contribution in [0, 0.1) is 6.92 Å². The molecule has 182 valence electrons. The van der Waals surface area contributed by atoms with E-state index in [-0.39, 0.29) is 11.5 Å². The van der Waals surface area contributed by atoms with Crippen LogP contribution in [0.3, 0.4) is 0 Å². The molecule has 36 heavy (non-hydrogen) atoms. The lowest BCUT2D eigenvalue weighted by molar-refractivity contribution is 0.413. The summed E-state index contributed by atoms with van der Waals surface area (Å²) < 4.78 is 29.3. The number of aromatic nitrogens is 2.